The van der Waals surface area contributed by atoms with Crippen LogP contribution in [0.25, 0.3) is 0 Å². The second-order valence-corrected chi connectivity index (χ2v) is 2.76. The van der Waals surface area contributed by atoms with Gasteiger partial charge < -0.3 is 4.84 Å². The maximum absolute atomic E-state index is 10.7. The first kappa shape index (κ1) is 11.0. The Morgan fingerprint density at radius 3 is 2.75 bits per heavy atom. The van der Waals surface area contributed by atoms with Crippen LogP contribution in [-0.4, -0.2) is 5.30 Å². The summed E-state index contributed by atoms with van der Waals surface area (Å²) in [6.45, 7) is 5.32. The third kappa shape index (κ3) is 4.76. The number of carbonyl (C=O) groups excluding carboxylic acids is 1. The van der Waals surface area contributed by atoms with E-state index in [1.165, 1.54) is 0 Å². The fraction of sp³-hybridized carbons (Fsp3) is 0.125. The fourth-order valence-corrected chi connectivity index (χ4v) is 0.977. The third-order valence-corrected chi connectivity index (χ3v) is 1.85. The van der Waals surface area contributed by atoms with Gasteiger partial charge in [0.15, 0.2) is 0 Å². The molecule has 0 aliphatic carbocycles. The summed E-state index contributed by atoms with van der Waals surface area (Å²) in [7, 11) is 0. The standard InChI is InChI=1S/C8H11NO2S/c1-3-5-6-7(4-2)12-8(10)11-9/h3-6H,1,9H2,2H3/b6-5-,7-4+. The van der Waals surface area contributed by atoms with Crippen molar-refractivity contribution in [2.24, 2.45) is 5.90 Å². The number of hydrogen-bond donors (Lipinski definition) is 1. The normalized spacial score (nSPS) is 11.7. The molecule has 0 aromatic carbocycles. The van der Waals surface area contributed by atoms with Gasteiger partial charge in [0, 0.05) is 4.91 Å². The molecule has 0 heterocycles. The number of carbonyl (C=O) groups is 1. The number of nitrogens with two attached hydrogens (primary N) is 1. The van der Waals surface area contributed by atoms with E-state index in [4.69, 9.17) is 0 Å². The lowest BCUT2D eigenvalue weighted by Gasteiger charge is -1.96. The zero-order valence-corrected chi connectivity index (χ0v) is 7.64. The van der Waals surface area contributed by atoms with Crippen LogP contribution in [0.3, 0.4) is 0 Å². The molecule has 66 valence electrons. The minimum absolute atomic E-state index is 0.531. The molecule has 4 heteroatoms. The Morgan fingerprint density at radius 2 is 2.33 bits per heavy atom. The highest BCUT2D eigenvalue weighted by molar-refractivity contribution is 8.16. The van der Waals surface area contributed by atoms with E-state index in [1.54, 1.807) is 24.3 Å². The van der Waals surface area contributed by atoms with E-state index in [2.05, 4.69) is 17.3 Å². The van der Waals surface area contributed by atoms with Crippen molar-refractivity contribution in [3.63, 3.8) is 0 Å². The van der Waals surface area contributed by atoms with Crippen LogP contribution in [0.2, 0.25) is 0 Å². The summed E-state index contributed by atoms with van der Waals surface area (Å²) in [6.07, 6.45) is 6.88. The summed E-state index contributed by atoms with van der Waals surface area (Å²) in [4.78, 5) is 15.4. The van der Waals surface area contributed by atoms with Gasteiger partial charge in [-0.2, -0.15) is 5.90 Å². The van der Waals surface area contributed by atoms with Crippen LogP contribution in [0.15, 0.2) is 35.8 Å². The third-order valence-electron chi connectivity index (χ3n) is 0.979. The van der Waals surface area contributed by atoms with Crippen molar-refractivity contribution in [3.8, 4) is 0 Å². The molecule has 0 rings (SSSR count). The lowest BCUT2D eigenvalue weighted by Crippen LogP contribution is -2.03. The fourth-order valence-electron chi connectivity index (χ4n) is 0.472. The number of rotatable bonds is 3. The van der Waals surface area contributed by atoms with Gasteiger partial charge in [0.05, 0.1) is 0 Å². The quantitative estimate of drug-likeness (QED) is 0.541. The first-order valence-electron chi connectivity index (χ1n) is 3.28. The topological polar surface area (TPSA) is 52.3 Å². The van der Waals surface area contributed by atoms with Crippen LogP contribution in [0.5, 0.6) is 0 Å². The van der Waals surface area contributed by atoms with E-state index >= 15 is 0 Å². The highest BCUT2D eigenvalue weighted by atomic mass is 32.2. The Labute approximate surface area is 75.9 Å². The molecular formula is C8H11NO2S. The molecule has 0 amide bonds. The minimum Gasteiger partial charge on any atom is -0.365 e. The lowest BCUT2D eigenvalue weighted by molar-refractivity contribution is 0.177. The first-order chi connectivity index (χ1) is 5.74. The van der Waals surface area contributed by atoms with Gasteiger partial charge in [0.25, 0.3) is 0 Å². The van der Waals surface area contributed by atoms with Gasteiger partial charge in [0.1, 0.15) is 0 Å². The molecule has 0 bridgehead atoms. The first-order valence-corrected chi connectivity index (χ1v) is 4.10. The summed E-state index contributed by atoms with van der Waals surface area (Å²) in [5.41, 5.74) is 0. The molecule has 0 saturated carbocycles. The summed E-state index contributed by atoms with van der Waals surface area (Å²) in [6, 6.07) is 0. The predicted molar refractivity (Wildman–Crippen MR) is 51.4 cm³/mol. The van der Waals surface area contributed by atoms with Crippen LogP contribution in [0, 0.1) is 0 Å². The highest BCUT2D eigenvalue weighted by Gasteiger charge is 2.02. The second kappa shape index (κ2) is 6.69. The predicted octanol–water partition coefficient (Wildman–Crippen LogP) is 2.38. The number of thioether (sulfide) groups is 1. The average Bonchev–Trinajstić information content (AvgIpc) is 2.11. The molecule has 12 heavy (non-hydrogen) atoms. The van der Waals surface area contributed by atoms with Crippen LogP contribution in [0.1, 0.15) is 6.92 Å². The molecule has 0 atom stereocenters. The largest absolute Gasteiger partial charge is 0.390 e. The molecule has 0 aliphatic rings. The van der Waals surface area contributed by atoms with Gasteiger partial charge in [-0.25, -0.2) is 4.79 Å². The molecule has 0 fully saturated rings. The monoisotopic (exact) mass is 185 g/mol. The van der Waals surface area contributed by atoms with Crippen molar-refractivity contribution in [1.82, 2.24) is 0 Å². The average molecular weight is 185 g/mol. The van der Waals surface area contributed by atoms with E-state index in [1.807, 2.05) is 6.92 Å². The molecule has 0 saturated heterocycles. The molecule has 3 nitrogen and oxygen atoms in total. The molecule has 0 radical (unpaired) electrons. The Balaban J connectivity index is 4.10. The number of hydrogen-bond acceptors (Lipinski definition) is 4. The van der Waals surface area contributed by atoms with E-state index < -0.39 is 5.30 Å². The van der Waals surface area contributed by atoms with Gasteiger partial charge in [-0.05, 0) is 24.8 Å². The zero-order valence-electron chi connectivity index (χ0n) is 6.82. The Kier molecular flexibility index (Phi) is 6.14. The van der Waals surface area contributed by atoms with Crippen molar-refractivity contribution in [1.29, 1.82) is 0 Å². The summed E-state index contributed by atoms with van der Waals surface area (Å²) in [5, 5.41) is -0.531. The smallest absolute Gasteiger partial charge is 0.365 e. The van der Waals surface area contributed by atoms with Crippen LogP contribution in [0.4, 0.5) is 4.79 Å². The molecule has 0 aliphatic heterocycles. The van der Waals surface area contributed by atoms with Crippen molar-refractivity contribution >= 4 is 17.1 Å². The van der Waals surface area contributed by atoms with Gasteiger partial charge in [-0.1, -0.05) is 24.8 Å². The Bertz CT molecular complexity index is 221. The van der Waals surface area contributed by atoms with E-state index in [0.717, 1.165) is 16.7 Å². The SMILES string of the molecule is C=C/C=C\C(=C/C)SC(=O)ON. The van der Waals surface area contributed by atoms with Crippen LogP contribution in [-0.2, 0) is 4.84 Å². The van der Waals surface area contributed by atoms with E-state index in [9.17, 15) is 4.79 Å². The van der Waals surface area contributed by atoms with Crippen molar-refractivity contribution in [2.75, 3.05) is 0 Å². The highest BCUT2D eigenvalue weighted by Crippen LogP contribution is 2.18. The van der Waals surface area contributed by atoms with Crippen LogP contribution >= 0.6 is 11.8 Å². The van der Waals surface area contributed by atoms with Gasteiger partial charge >= 0.3 is 5.30 Å². The molecule has 0 unspecified atom stereocenters. The van der Waals surface area contributed by atoms with E-state index in [0.29, 0.717) is 0 Å². The van der Waals surface area contributed by atoms with Crippen LogP contribution < -0.4 is 5.90 Å². The zero-order chi connectivity index (χ0) is 9.40. The van der Waals surface area contributed by atoms with Gasteiger partial charge in [0.2, 0.25) is 0 Å². The van der Waals surface area contributed by atoms with E-state index in [-0.39, 0.29) is 0 Å². The van der Waals surface area contributed by atoms with Gasteiger partial charge in [-0.15, -0.1) is 0 Å². The maximum Gasteiger partial charge on any atom is 0.390 e. The molecule has 0 aromatic rings. The maximum atomic E-state index is 10.7. The molecule has 2 N–H and O–H groups in total. The molecule has 0 aromatic heterocycles. The van der Waals surface area contributed by atoms with Crippen molar-refractivity contribution < 1.29 is 9.63 Å². The second-order valence-electron chi connectivity index (χ2n) is 1.76. The Morgan fingerprint density at radius 1 is 1.67 bits per heavy atom. The molecule has 0 spiro atoms. The number of allylic oxidation sites excluding steroid dienone is 4. The van der Waals surface area contributed by atoms with Crippen molar-refractivity contribution in [3.05, 3.63) is 35.8 Å². The molecular weight excluding hydrogens is 174 g/mol. The lowest BCUT2D eigenvalue weighted by atomic mass is 10.4. The van der Waals surface area contributed by atoms with Crippen molar-refractivity contribution in [2.45, 2.75) is 6.92 Å². The van der Waals surface area contributed by atoms with Gasteiger partial charge in [-0.3, -0.25) is 0 Å². The minimum atomic E-state index is -0.531. The Hall–Kier alpha value is -1.00. The summed E-state index contributed by atoms with van der Waals surface area (Å²) < 4.78 is 0. The summed E-state index contributed by atoms with van der Waals surface area (Å²) in [5.74, 6) is 4.66. The summed E-state index contributed by atoms with van der Waals surface area (Å²) >= 11 is 0.925.